The maximum Gasteiger partial charge on any atom is 0.319 e. The summed E-state index contributed by atoms with van der Waals surface area (Å²) in [5.41, 5.74) is -1.07. The quantitative estimate of drug-likeness (QED) is 0.556. The van der Waals surface area contributed by atoms with E-state index in [1.165, 1.54) is 14.0 Å². The molecule has 0 N–H and O–H groups in total. The molecule has 2 unspecified atom stereocenters. The molecule has 17 heavy (non-hydrogen) atoms. The van der Waals surface area contributed by atoms with E-state index < -0.39 is 11.4 Å². The van der Waals surface area contributed by atoms with E-state index in [4.69, 9.17) is 4.74 Å². The topological polar surface area (TPSA) is 60.4 Å². The molecule has 0 aliphatic heterocycles. The lowest BCUT2D eigenvalue weighted by atomic mass is 9.66. The Labute approximate surface area is 102 Å². The van der Waals surface area contributed by atoms with Crippen molar-refractivity contribution >= 4 is 17.5 Å². The van der Waals surface area contributed by atoms with Gasteiger partial charge in [0.05, 0.1) is 7.11 Å². The fourth-order valence-electron chi connectivity index (χ4n) is 2.57. The first-order valence-corrected chi connectivity index (χ1v) is 6.06. The molecule has 0 radical (unpaired) electrons. The van der Waals surface area contributed by atoms with Crippen molar-refractivity contribution in [2.75, 3.05) is 7.11 Å². The molecular weight excluding hydrogens is 220 g/mol. The van der Waals surface area contributed by atoms with Crippen molar-refractivity contribution in [1.29, 1.82) is 0 Å². The Balaban J connectivity index is 2.95. The third-order valence-electron chi connectivity index (χ3n) is 3.64. The minimum atomic E-state index is -1.07. The largest absolute Gasteiger partial charge is 0.468 e. The van der Waals surface area contributed by atoms with Gasteiger partial charge >= 0.3 is 5.97 Å². The van der Waals surface area contributed by atoms with Gasteiger partial charge in [0.1, 0.15) is 11.2 Å². The van der Waals surface area contributed by atoms with Gasteiger partial charge in [0.2, 0.25) is 0 Å². The minimum Gasteiger partial charge on any atom is -0.468 e. The number of Topliss-reactive ketones (excluding diaryl/α,β-unsaturated/α-hetero) is 2. The Morgan fingerprint density at radius 3 is 2.65 bits per heavy atom. The summed E-state index contributed by atoms with van der Waals surface area (Å²) in [6.45, 7) is 3.31. The number of carbonyl (C=O) groups excluding carboxylic acids is 3. The molecule has 0 aromatic carbocycles. The highest BCUT2D eigenvalue weighted by Crippen LogP contribution is 2.41. The molecule has 96 valence electrons. The molecule has 4 heteroatoms. The molecule has 0 aromatic rings. The molecule has 0 heterocycles. The van der Waals surface area contributed by atoms with Crippen LogP contribution in [-0.4, -0.2) is 24.6 Å². The maximum atomic E-state index is 12.2. The Morgan fingerprint density at radius 1 is 1.47 bits per heavy atom. The van der Waals surface area contributed by atoms with E-state index in [0.29, 0.717) is 6.42 Å². The lowest BCUT2D eigenvalue weighted by Gasteiger charge is -2.35. The first kappa shape index (κ1) is 13.9. The van der Waals surface area contributed by atoms with Gasteiger partial charge in [-0.15, -0.1) is 0 Å². The highest BCUT2D eigenvalue weighted by molar-refractivity contribution is 6.05. The van der Waals surface area contributed by atoms with Crippen LogP contribution in [0.4, 0.5) is 0 Å². The van der Waals surface area contributed by atoms with Crippen LogP contribution in [-0.2, 0) is 19.1 Å². The zero-order valence-electron chi connectivity index (χ0n) is 10.7. The van der Waals surface area contributed by atoms with E-state index >= 15 is 0 Å². The fourth-order valence-corrected chi connectivity index (χ4v) is 2.57. The van der Waals surface area contributed by atoms with Crippen LogP contribution in [0, 0.1) is 11.3 Å². The van der Waals surface area contributed by atoms with Crippen molar-refractivity contribution in [3.8, 4) is 0 Å². The van der Waals surface area contributed by atoms with E-state index in [2.05, 4.69) is 0 Å². The molecule has 0 spiro atoms. The van der Waals surface area contributed by atoms with Crippen molar-refractivity contribution < 1.29 is 19.1 Å². The SMILES string of the molecule is COC(=O)C1(CCC(C)=O)CCCC(C)C1=O. The van der Waals surface area contributed by atoms with Crippen LogP contribution in [0.1, 0.15) is 46.0 Å². The number of rotatable bonds is 4. The smallest absolute Gasteiger partial charge is 0.319 e. The zero-order valence-corrected chi connectivity index (χ0v) is 10.7. The van der Waals surface area contributed by atoms with E-state index in [-0.39, 0.29) is 30.3 Å². The number of esters is 1. The van der Waals surface area contributed by atoms with Crippen molar-refractivity contribution in [1.82, 2.24) is 0 Å². The van der Waals surface area contributed by atoms with Gasteiger partial charge in [-0.25, -0.2) is 0 Å². The fraction of sp³-hybridized carbons (Fsp3) is 0.769. The molecule has 0 amide bonds. The standard InChI is InChI=1S/C13H20O4/c1-9-5-4-7-13(11(9)15,12(16)17-3)8-6-10(2)14/h9H,4-8H2,1-3H3. The monoisotopic (exact) mass is 240 g/mol. The second kappa shape index (κ2) is 5.43. The summed E-state index contributed by atoms with van der Waals surface area (Å²) >= 11 is 0. The van der Waals surface area contributed by atoms with Crippen molar-refractivity contribution in [3.05, 3.63) is 0 Å². The van der Waals surface area contributed by atoms with Crippen LogP contribution >= 0.6 is 0 Å². The Bertz CT molecular complexity index is 334. The van der Waals surface area contributed by atoms with Crippen molar-refractivity contribution in [2.24, 2.45) is 11.3 Å². The molecule has 0 bridgehead atoms. The molecule has 0 saturated heterocycles. The Hall–Kier alpha value is -1.19. The summed E-state index contributed by atoms with van der Waals surface area (Å²) in [6, 6.07) is 0. The summed E-state index contributed by atoms with van der Waals surface area (Å²) in [6.07, 6.45) is 2.71. The van der Waals surface area contributed by atoms with Crippen LogP contribution < -0.4 is 0 Å². The second-order valence-electron chi connectivity index (χ2n) is 4.93. The first-order chi connectivity index (χ1) is 7.94. The Kier molecular flexibility index (Phi) is 4.43. The molecule has 1 rings (SSSR count). The maximum absolute atomic E-state index is 12.2. The van der Waals surface area contributed by atoms with Crippen LogP contribution in [0.25, 0.3) is 0 Å². The number of carbonyl (C=O) groups is 3. The van der Waals surface area contributed by atoms with Gasteiger partial charge in [0, 0.05) is 12.3 Å². The summed E-state index contributed by atoms with van der Waals surface area (Å²) in [4.78, 5) is 35.2. The highest BCUT2D eigenvalue weighted by atomic mass is 16.5. The third kappa shape index (κ3) is 2.73. The van der Waals surface area contributed by atoms with E-state index in [9.17, 15) is 14.4 Å². The van der Waals surface area contributed by atoms with Crippen LogP contribution in [0.3, 0.4) is 0 Å². The van der Waals surface area contributed by atoms with E-state index in [1.54, 1.807) is 0 Å². The zero-order chi connectivity index (χ0) is 13.1. The van der Waals surface area contributed by atoms with Gasteiger partial charge in [-0.05, 0) is 26.2 Å². The molecular formula is C13H20O4. The average molecular weight is 240 g/mol. The van der Waals surface area contributed by atoms with Gasteiger partial charge in [-0.1, -0.05) is 13.3 Å². The minimum absolute atomic E-state index is 0.000644. The molecule has 4 nitrogen and oxygen atoms in total. The second-order valence-corrected chi connectivity index (χ2v) is 4.93. The molecule has 2 atom stereocenters. The number of hydrogen-bond donors (Lipinski definition) is 0. The van der Waals surface area contributed by atoms with Crippen LogP contribution in [0.2, 0.25) is 0 Å². The molecule has 1 aliphatic rings. The van der Waals surface area contributed by atoms with Gasteiger partial charge < -0.3 is 9.53 Å². The highest BCUT2D eigenvalue weighted by Gasteiger charge is 2.49. The third-order valence-corrected chi connectivity index (χ3v) is 3.64. The molecule has 1 fully saturated rings. The number of methoxy groups -OCH3 is 1. The summed E-state index contributed by atoms with van der Waals surface area (Å²) in [7, 11) is 1.30. The average Bonchev–Trinajstić information content (AvgIpc) is 2.30. The van der Waals surface area contributed by atoms with Gasteiger partial charge in [-0.2, -0.15) is 0 Å². The first-order valence-electron chi connectivity index (χ1n) is 6.06. The predicted octanol–water partition coefficient (Wildman–Crippen LogP) is 1.90. The van der Waals surface area contributed by atoms with Crippen molar-refractivity contribution in [3.63, 3.8) is 0 Å². The van der Waals surface area contributed by atoms with Crippen LogP contribution in [0.5, 0.6) is 0 Å². The normalized spacial score (nSPS) is 28.9. The van der Waals surface area contributed by atoms with Gasteiger partial charge in [0.25, 0.3) is 0 Å². The summed E-state index contributed by atoms with van der Waals surface area (Å²) < 4.78 is 4.77. The lowest BCUT2D eigenvalue weighted by molar-refractivity contribution is -0.162. The van der Waals surface area contributed by atoms with E-state index in [0.717, 1.165) is 12.8 Å². The lowest BCUT2D eigenvalue weighted by Crippen LogP contribution is -2.46. The molecule has 1 saturated carbocycles. The number of ketones is 2. The Morgan fingerprint density at radius 2 is 2.12 bits per heavy atom. The van der Waals surface area contributed by atoms with Crippen LogP contribution in [0.15, 0.2) is 0 Å². The summed E-state index contributed by atoms with van der Waals surface area (Å²) in [5, 5.41) is 0. The number of ether oxygens (including phenoxy) is 1. The predicted molar refractivity (Wildman–Crippen MR) is 62.4 cm³/mol. The summed E-state index contributed by atoms with van der Waals surface area (Å²) in [5.74, 6) is -0.652. The van der Waals surface area contributed by atoms with E-state index in [1.807, 2.05) is 6.92 Å². The van der Waals surface area contributed by atoms with Crippen molar-refractivity contribution in [2.45, 2.75) is 46.0 Å². The van der Waals surface area contributed by atoms with Gasteiger partial charge in [0.15, 0.2) is 5.78 Å². The van der Waals surface area contributed by atoms with Gasteiger partial charge in [-0.3, -0.25) is 9.59 Å². The molecule has 0 aromatic heterocycles. The number of hydrogen-bond acceptors (Lipinski definition) is 4. The molecule has 1 aliphatic carbocycles.